The summed E-state index contributed by atoms with van der Waals surface area (Å²) in [5.41, 5.74) is 0.928. The number of aromatic nitrogens is 1. The van der Waals surface area contributed by atoms with Crippen LogP contribution in [0.5, 0.6) is 0 Å². The molecule has 1 aromatic rings. The highest BCUT2D eigenvalue weighted by Gasteiger charge is 2.20. The fraction of sp³-hybridized carbons (Fsp3) is 0.571. The predicted molar refractivity (Wildman–Crippen MR) is 75.4 cm³/mol. The van der Waals surface area contributed by atoms with Crippen molar-refractivity contribution in [3.63, 3.8) is 0 Å². The lowest BCUT2D eigenvalue weighted by atomic mass is 10.2. The second kappa shape index (κ2) is 6.41. The third-order valence-corrected chi connectivity index (χ3v) is 3.51. The minimum absolute atomic E-state index is 0.0860. The number of hydrogen-bond donors (Lipinski definition) is 1. The first-order valence-corrected chi connectivity index (χ1v) is 6.92. The zero-order valence-corrected chi connectivity index (χ0v) is 11.4. The Morgan fingerprint density at radius 2 is 2.00 bits per heavy atom. The van der Waals surface area contributed by atoms with Crippen LogP contribution in [-0.4, -0.2) is 42.0 Å². The summed E-state index contributed by atoms with van der Waals surface area (Å²) in [5, 5.41) is 0. The first-order valence-electron chi connectivity index (χ1n) is 6.92. The Morgan fingerprint density at radius 3 is 2.58 bits per heavy atom. The molecule has 0 bridgehead atoms. The molecule has 0 aliphatic carbocycles. The fourth-order valence-electron chi connectivity index (χ4n) is 2.30. The van der Waals surface area contributed by atoms with Crippen LogP contribution in [0.1, 0.15) is 26.2 Å². The zero-order chi connectivity index (χ0) is 13.7. The first kappa shape index (κ1) is 13.6. The van der Waals surface area contributed by atoms with E-state index in [1.54, 1.807) is 6.20 Å². The molecule has 5 nitrogen and oxygen atoms in total. The zero-order valence-electron chi connectivity index (χ0n) is 11.4. The van der Waals surface area contributed by atoms with Crippen LogP contribution in [0.2, 0.25) is 0 Å². The molecule has 1 amide bonds. The van der Waals surface area contributed by atoms with Gasteiger partial charge in [-0.3, -0.25) is 9.59 Å². The second-order valence-electron chi connectivity index (χ2n) is 4.88. The lowest BCUT2D eigenvalue weighted by molar-refractivity contribution is -0.131. The molecule has 0 radical (unpaired) electrons. The standard InChI is InChI=1S/C14H21N3O2/c1-2-3-4-14(19)17-9-7-16(8-10-17)12-5-6-13(18)15-11-12/h5-6,11H,2-4,7-10H2,1H3,(H,15,18). The van der Waals surface area contributed by atoms with Gasteiger partial charge >= 0.3 is 0 Å². The van der Waals surface area contributed by atoms with Gasteiger partial charge in [0.2, 0.25) is 11.5 Å². The van der Waals surface area contributed by atoms with E-state index in [0.29, 0.717) is 6.42 Å². The second-order valence-corrected chi connectivity index (χ2v) is 4.88. The molecule has 1 saturated heterocycles. The maximum absolute atomic E-state index is 11.9. The minimum atomic E-state index is -0.0860. The Morgan fingerprint density at radius 1 is 1.26 bits per heavy atom. The first-order chi connectivity index (χ1) is 9.20. The van der Waals surface area contributed by atoms with Gasteiger partial charge < -0.3 is 14.8 Å². The average molecular weight is 263 g/mol. The number of carbonyl (C=O) groups is 1. The summed E-state index contributed by atoms with van der Waals surface area (Å²) in [5.74, 6) is 0.267. The van der Waals surface area contributed by atoms with Gasteiger partial charge in [-0.2, -0.15) is 0 Å². The smallest absolute Gasteiger partial charge is 0.248 e. The van der Waals surface area contributed by atoms with Crippen LogP contribution >= 0.6 is 0 Å². The number of hydrogen-bond acceptors (Lipinski definition) is 3. The van der Waals surface area contributed by atoms with Gasteiger partial charge in [-0.25, -0.2) is 0 Å². The average Bonchev–Trinajstić information content (AvgIpc) is 2.46. The van der Waals surface area contributed by atoms with E-state index in [0.717, 1.165) is 44.7 Å². The molecule has 0 saturated carbocycles. The molecular weight excluding hydrogens is 242 g/mol. The van der Waals surface area contributed by atoms with E-state index in [1.807, 2.05) is 11.0 Å². The Labute approximate surface area is 113 Å². The van der Waals surface area contributed by atoms with Gasteiger partial charge in [-0.1, -0.05) is 13.3 Å². The van der Waals surface area contributed by atoms with Crippen LogP contribution in [0, 0.1) is 0 Å². The molecular formula is C14H21N3O2. The Kier molecular flexibility index (Phi) is 4.60. The summed E-state index contributed by atoms with van der Waals surface area (Å²) >= 11 is 0. The molecule has 1 aliphatic rings. The summed E-state index contributed by atoms with van der Waals surface area (Å²) in [6, 6.07) is 3.36. The number of aromatic amines is 1. The largest absolute Gasteiger partial charge is 0.367 e. The van der Waals surface area contributed by atoms with E-state index in [9.17, 15) is 9.59 Å². The quantitative estimate of drug-likeness (QED) is 0.888. The summed E-state index contributed by atoms with van der Waals surface area (Å²) in [4.78, 5) is 29.7. The number of nitrogens with zero attached hydrogens (tertiary/aromatic N) is 2. The highest BCUT2D eigenvalue weighted by molar-refractivity contribution is 5.76. The van der Waals surface area contributed by atoms with Crippen molar-refractivity contribution in [3.05, 3.63) is 28.7 Å². The molecule has 0 spiro atoms. The maximum atomic E-state index is 11.9. The summed E-state index contributed by atoms with van der Waals surface area (Å²) in [6.07, 6.45) is 4.42. The molecule has 0 unspecified atom stereocenters. The van der Waals surface area contributed by atoms with Crippen LogP contribution < -0.4 is 10.5 Å². The van der Waals surface area contributed by atoms with Crippen molar-refractivity contribution in [1.82, 2.24) is 9.88 Å². The summed E-state index contributed by atoms with van der Waals surface area (Å²) in [6.45, 7) is 5.28. The lowest BCUT2D eigenvalue weighted by Crippen LogP contribution is -2.48. The number of nitrogens with one attached hydrogen (secondary N) is 1. The van der Waals surface area contributed by atoms with Crippen molar-refractivity contribution in [2.24, 2.45) is 0 Å². The SMILES string of the molecule is CCCCC(=O)N1CCN(c2ccc(=O)[nH]c2)CC1. The molecule has 19 heavy (non-hydrogen) atoms. The van der Waals surface area contributed by atoms with Crippen molar-refractivity contribution in [2.45, 2.75) is 26.2 Å². The number of amides is 1. The minimum Gasteiger partial charge on any atom is -0.367 e. The molecule has 1 fully saturated rings. The van der Waals surface area contributed by atoms with Crippen molar-refractivity contribution in [2.75, 3.05) is 31.1 Å². The van der Waals surface area contributed by atoms with Crippen molar-refractivity contribution < 1.29 is 4.79 Å². The Bertz CT molecular complexity index is 455. The number of rotatable bonds is 4. The van der Waals surface area contributed by atoms with E-state index in [1.165, 1.54) is 6.07 Å². The molecule has 0 atom stereocenters. The fourth-order valence-corrected chi connectivity index (χ4v) is 2.30. The van der Waals surface area contributed by atoms with Crippen molar-refractivity contribution in [1.29, 1.82) is 0 Å². The van der Waals surface area contributed by atoms with E-state index in [2.05, 4.69) is 16.8 Å². The van der Waals surface area contributed by atoms with Gasteiger partial charge in [0.25, 0.3) is 0 Å². The van der Waals surface area contributed by atoms with Gasteiger partial charge in [0.15, 0.2) is 0 Å². The molecule has 5 heteroatoms. The maximum Gasteiger partial charge on any atom is 0.248 e. The normalized spacial score (nSPS) is 15.6. The monoisotopic (exact) mass is 263 g/mol. The summed E-state index contributed by atoms with van der Waals surface area (Å²) < 4.78 is 0. The number of carbonyl (C=O) groups excluding carboxylic acids is 1. The van der Waals surface area contributed by atoms with Crippen LogP contribution in [0.4, 0.5) is 5.69 Å². The molecule has 2 rings (SSSR count). The Balaban J connectivity index is 1.87. The number of pyridine rings is 1. The number of piperazine rings is 1. The molecule has 2 heterocycles. The summed E-state index contributed by atoms with van der Waals surface area (Å²) in [7, 11) is 0. The topological polar surface area (TPSA) is 56.4 Å². The predicted octanol–water partition coefficient (Wildman–Crippen LogP) is 1.21. The molecule has 0 aromatic carbocycles. The third-order valence-electron chi connectivity index (χ3n) is 3.51. The third kappa shape index (κ3) is 3.59. The van der Waals surface area contributed by atoms with Gasteiger partial charge in [0, 0.05) is 44.9 Å². The molecule has 104 valence electrons. The van der Waals surface area contributed by atoms with Gasteiger partial charge in [-0.15, -0.1) is 0 Å². The molecule has 1 aliphatic heterocycles. The van der Waals surface area contributed by atoms with E-state index >= 15 is 0 Å². The van der Waals surface area contributed by atoms with Crippen LogP contribution in [0.25, 0.3) is 0 Å². The van der Waals surface area contributed by atoms with E-state index in [4.69, 9.17) is 0 Å². The van der Waals surface area contributed by atoms with Crippen molar-refractivity contribution in [3.8, 4) is 0 Å². The number of unbranched alkanes of at least 4 members (excludes halogenated alkanes) is 1. The van der Waals surface area contributed by atoms with E-state index in [-0.39, 0.29) is 11.5 Å². The highest BCUT2D eigenvalue weighted by Crippen LogP contribution is 2.14. The van der Waals surface area contributed by atoms with Gasteiger partial charge in [0.05, 0.1) is 5.69 Å². The lowest BCUT2D eigenvalue weighted by Gasteiger charge is -2.36. The van der Waals surface area contributed by atoms with Gasteiger partial charge in [-0.05, 0) is 12.5 Å². The Hall–Kier alpha value is -1.78. The number of anilines is 1. The number of H-pyrrole nitrogens is 1. The molecule has 1 N–H and O–H groups in total. The molecule has 1 aromatic heterocycles. The van der Waals surface area contributed by atoms with Gasteiger partial charge in [0.1, 0.15) is 0 Å². The van der Waals surface area contributed by atoms with Crippen LogP contribution in [0.3, 0.4) is 0 Å². The van der Waals surface area contributed by atoms with Crippen LogP contribution in [0.15, 0.2) is 23.1 Å². The highest BCUT2D eigenvalue weighted by atomic mass is 16.2. The van der Waals surface area contributed by atoms with Crippen LogP contribution in [-0.2, 0) is 4.79 Å². The van der Waals surface area contributed by atoms with E-state index < -0.39 is 0 Å². The van der Waals surface area contributed by atoms with Crippen molar-refractivity contribution >= 4 is 11.6 Å².